The molecule has 1 saturated heterocycles. The fourth-order valence-corrected chi connectivity index (χ4v) is 5.75. The number of carbonyl (C=O) groups is 2. The smallest absolute Gasteiger partial charge is 0.308 e. The van der Waals surface area contributed by atoms with Crippen LogP contribution in [0.25, 0.3) is 10.9 Å². The number of thioether (sulfide) groups is 1. The number of hydrogen-bond donors (Lipinski definition) is 1. The van der Waals surface area contributed by atoms with Gasteiger partial charge < -0.3 is 14.7 Å². The first-order chi connectivity index (χ1) is 17.8. The van der Waals surface area contributed by atoms with Gasteiger partial charge in [-0.3, -0.25) is 14.6 Å². The molecule has 6 nitrogen and oxygen atoms in total. The normalized spacial score (nSPS) is 18.2. The number of aromatic nitrogens is 1. The van der Waals surface area contributed by atoms with Gasteiger partial charge in [-0.1, -0.05) is 0 Å². The molecular weight excluding hydrogens is 505 g/mol. The average Bonchev–Trinajstić information content (AvgIpc) is 2.89. The Morgan fingerprint density at radius 3 is 2.76 bits per heavy atom. The van der Waals surface area contributed by atoms with Crippen molar-refractivity contribution in [3.63, 3.8) is 0 Å². The number of hydrogen-bond acceptors (Lipinski definition) is 6. The van der Waals surface area contributed by atoms with Crippen LogP contribution in [0.5, 0.6) is 5.75 Å². The second-order valence-electron chi connectivity index (χ2n) is 9.05. The Hall–Kier alpha value is -3.11. The predicted molar refractivity (Wildman–Crippen MR) is 135 cm³/mol. The lowest BCUT2D eigenvalue weighted by molar-refractivity contribution is -0.146. The molecule has 3 aromatic rings. The second kappa shape index (κ2) is 12.0. The molecule has 0 spiro atoms. The summed E-state index contributed by atoms with van der Waals surface area (Å²) in [5, 5.41) is 10.5. The van der Waals surface area contributed by atoms with E-state index in [1.54, 1.807) is 37.6 Å². The zero-order valence-corrected chi connectivity index (χ0v) is 21.1. The molecule has 196 valence electrons. The summed E-state index contributed by atoms with van der Waals surface area (Å²) in [6, 6.07) is 8.47. The van der Waals surface area contributed by atoms with Crippen molar-refractivity contribution >= 4 is 34.4 Å². The van der Waals surface area contributed by atoms with Crippen molar-refractivity contribution in [2.75, 3.05) is 32.5 Å². The molecule has 1 N–H and O–H groups in total. The third-order valence-corrected chi connectivity index (χ3v) is 7.77. The highest BCUT2D eigenvalue weighted by molar-refractivity contribution is 7.99. The Labute approximate surface area is 216 Å². The molecule has 2 unspecified atom stereocenters. The summed E-state index contributed by atoms with van der Waals surface area (Å²) in [6.07, 6.45) is 2.84. The summed E-state index contributed by atoms with van der Waals surface area (Å²) in [7, 11) is 1.55. The van der Waals surface area contributed by atoms with Crippen LogP contribution < -0.4 is 4.74 Å². The summed E-state index contributed by atoms with van der Waals surface area (Å²) in [5.74, 6) is -4.00. The molecule has 1 aliphatic heterocycles. The molecule has 4 rings (SSSR count). The Bertz CT molecular complexity index is 1310. The van der Waals surface area contributed by atoms with Gasteiger partial charge in [0.15, 0.2) is 17.4 Å². The number of carboxylic acid groups (broad SMARTS) is 1. The SMILES string of the molecule is COc1ccc2nccc(C(=O)CCC3CCN(CCSc4cc(F)cc(F)c4F)CC3C(=O)O)c2c1. The number of benzene rings is 2. The van der Waals surface area contributed by atoms with E-state index in [4.69, 9.17) is 4.74 Å². The van der Waals surface area contributed by atoms with Gasteiger partial charge in [-0.25, -0.2) is 13.2 Å². The number of pyridine rings is 1. The van der Waals surface area contributed by atoms with Crippen LogP contribution in [0.3, 0.4) is 0 Å². The van der Waals surface area contributed by atoms with Crippen molar-refractivity contribution in [2.24, 2.45) is 11.8 Å². The van der Waals surface area contributed by atoms with E-state index < -0.39 is 29.3 Å². The summed E-state index contributed by atoms with van der Waals surface area (Å²) in [6.45, 7) is 1.37. The highest BCUT2D eigenvalue weighted by Crippen LogP contribution is 2.31. The molecule has 37 heavy (non-hydrogen) atoms. The molecule has 1 fully saturated rings. The van der Waals surface area contributed by atoms with Crippen LogP contribution in [0.4, 0.5) is 13.2 Å². The maximum absolute atomic E-state index is 13.9. The number of carbonyl (C=O) groups excluding carboxylic acids is 1. The van der Waals surface area contributed by atoms with E-state index in [1.807, 2.05) is 4.90 Å². The van der Waals surface area contributed by atoms with Crippen LogP contribution in [0.15, 0.2) is 47.5 Å². The third kappa shape index (κ3) is 6.42. The van der Waals surface area contributed by atoms with Gasteiger partial charge in [0, 0.05) is 53.4 Å². The van der Waals surface area contributed by atoms with Crippen molar-refractivity contribution in [3.8, 4) is 5.75 Å². The predicted octanol–water partition coefficient (Wildman–Crippen LogP) is 5.44. The quantitative estimate of drug-likeness (QED) is 0.212. The van der Waals surface area contributed by atoms with Gasteiger partial charge in [-0.15, -0.1) is 11.8 Å². The first-order valence-electron chi connectivity index (χ1n) is 11.9. The van der Waals surface area contributed by atoms with Crippen molar-refractivity contribution in [1.82, 2.24) is 9.88 Å². The first-order valence-corrected chi connectivity index (χ1v) is 12.9. The molecular formula is C27H27F3N2O4S. The Balaban J connectivity index is 1.34. The zero-order chi connectivity index (χ0) is 26.5. The van der Waals surface area contributed by atoms with E-state index in [2.05, 4.69) is 4.98 Å². The monoisotopic (exact) mass is 532 g/mol. The maximum atomic E-state index is 13.9. The van der Waals surface area contributed by atoms with E-state index in [0.29, 0.717) is 66.5 Å². The third-order valence-electron chi connectivity index (χ3n) is 6.77. The molecule has 1 aromatic heterocycles. The molecule has 2 heterocycles. The minimum atomic E-state index is -1.23. The lowest BCUT2D eigenvalue weighted by atomic mass is 9.81. The number of rotatable bonds is 10. The number of ether oxygens (including phenoxy) is 1. The lowest BCUT2D eigenvalue weighted by Gasteiger charge is -2.36. The minimum absolute atomic E-state index is 0.0760. The number of nitrogens with zero attached hydrogens (tertiary/aromatic N) is 2. The fourth-order valence-electron chi connectivity index (χ4n) is 4.77. The van der Waals surface area contributed by atoms with Crippen molar-refractivity contribution in [1.29, 1.82) is 0 Å². The number of piperidine rings is 1. The fraction of sp³-hybridized carbons (Fsp3) is 0.370. The second-order valence-corrected chi connectivity index (χ2v) is 10.2. The highest BCUT2D eigenvalue weighted by atomic mass is 32.2. The first kappa shape index (κ1) is 26.9. The van der Waals surface area contributed by atoms with Gasteiger partial charge in [-0.05, 0) is 55.6 Å². The van der Waals surface area contributed by atoms with Crippen LogP contribution in [0.1, 0.15) is 29.6 Å². The van der Waals surface area contributed by atoms with E-state index in [1.165, 1.54) is 0 Å². The average molecular weight is 533 g/mol. The van der Waals surface area contributed by atoms with Crippen molar-refractivity contribution in [3.05, 3.63) is 65.6 Å². The topological polar surface area (TPSA) is 79.7 Å². The van der Waals surface area contributed by atoms with E-state index in [9.17, 15) is 27.9 Å². The van der Waals surface area contributed by atoms with E-state index >= 15 is 0 Å². The summed E-state index contributed by atoms with van der Waals surface area (Å²) < 4.78 is 46.0. The number of ketones is 1. The number of halogens is 3. The van der Waals surface area contributed by atoms with Crippen molar-refractivity contribution < 1.29 is 32.6 Å². The molecule has 1 aliphatic rings. The van der Waals surface area contributed by atoms with Gasteiger partial charge in [0.1, 0.15) is 11.6 Å². The molecule has 2 atom stereocenters. The van der Waals surface area contributed by atoms with Crippen LogP contribution >= 0.6 is 11.8 Å². The number of aliphatic carboxylic acids is 1. The van der Waals surface area contributed by atoms with Gasteiger partial charge in [0.25, 0.3) is 0 Å². The number of fused-ring (bicyclic) bond motifs is 1. The minimum Gasteiger partial charge on any atom is -0.497 e. The van der Waals surface area contributed by atoms with Gasteiger partial charge in [0.05, 0.1) is 18.5 Å². The maximum Gasteiger partial charge on any atom is 0.308 e. The Morgan fingerprint density at radius 2 is 2.00 bits per heavy atom. The summed E-state index contributed by atoms with van der Waals surface area (Å²) in [4.78, 5) is 31.2. The molecule has 0 radical (unpaired) electrons. The summed E-state index contributed by atoms with van der Waals surface area (Å²) >= 11 is 0.992. The van der Waals surface area contributed by atoms with Crippen LogP contribution in [-0.4, -0.2) is 59.2 Å². The van der Waals surface area contributed by atoms with Crippen LogP contribution in [0, 0.1) is 29.3 Å². The van der Waals surface area contributed by atoms with Crippen molar-refractivity contribution in [2.45, 2.75) is 24.2 Å². The lowest BCUT2D eigenvalue weighted by Crippen LogP contribution is -2.44. The molecule has 0 aliphatic carbocycles. The van der Waals surface area contributed by atoms with E-state index in [-0.39, 0.29) is 23.0 Å². The molecule has 0 bridgehead atoms. The highest BCUT2D eigenvalue weighted by Gasteiger charge is 2.34. The largest absolute Gasteiger partial charge is 0.497 e. The number of Topliss-reactive ketones (excluding diaryl/α,β-unsaturated/α-hetero) is 1. The molecule has 0 amide bonds. The molecule has 2 aromatic carbocycles. The van der Waals surface area contributed by atoms with Crippen LogP contribution in [0.2, 0.25) is 0 Å². The number of methoxy groups -OCH3 is 1. The number of carboxylic acids is 1. The Morgan fingerprint density at radius 1 is 1.19 bits per heavy atom. The number of likely N-dealkylation sites (tertiary alicyclic amines) is 1. The van der Waals surface area contributed by atoms with Gasteiger partial charge >= 0.3 is 5.97 Å². The van der Waals surface area contributed by atoms with Gasteiger partial charge in [0.2, 0.25) is 0 Å². The van der Waals surface area contributed by atoms with Crippen LogP contribution in [-0.2, 0) is 4.79 Å². The summed E-state index contributed by atoms with van der Waals surface area (Å²) in [5.41, 5.74) is 1.22. The van der Waals surface area contributed by atoms with Gasteiger partial charge in [-0.2, -0.15) is 0 Å². The Kier molecular flexibility index (Phi) is 8.71. The zero-order valence-electron chi connectivity index (χ0n) is 20.3. The van der Waals surface area contributed by atoms with E-state index in [0.717, 1.165) is 17.8 Å². The standard InChI is InChI=1S/C27H27F3N2O4S/c1-36-18-3-4-23-20(14-18)19(6-8-31-23)24(33)5-2-16-7-9-32(15-21(16)27(34)35)10-11-37-25-13-17(28)12-22(29)26(25)30/h3-4,6,8,12-14,16,21H,2,5,7,9-11,15H2,1H3,(H,34,35). The molecule has 0 saturated carbocycles. The molecule has 10 heteroatoms.